The van der Waals surface area contributed by atoms with Crippen molar-refractivity contribution in [1.82, 2.24) is 0 Å². The molecule has 0 radical (unpaired) electrons. The fourth-order valence-corrected chi connectivity index (χ4v) is 1.42. The molecular weight excluding hydrogens is 198 g/mol. The Morgan fingerprint density at radius 3 is 1.53 bits per heavy atom. The van der Waals surface area contributed by atoms with Crippen LogP contribution < -0.4 is 0 Å². The van der Waals surface area contributed by atoms with E-state index < -0.39 is 14.6 Å². The first-order valence-electron chi connectivity index (χ1n) is 5.11. The van der Waals surface area contributed by atoms with Crippen molar-refractivity contribution < 1.29 is 23.2 Å². The van der Waals surface area contributed by atoms with Crippen LogP contribution in [0.5, 0.6) is 0 Å². The van der Waals surface area contributed by atoms with Crippen LogP contribution in [0.15, 0.2) is 0 Å². The van der Waals surface area contributed by atoms with Gasteiger partial charge in [0.1, 0.15) is 0 Å². The number of rotatable bonds is 2. The first kappa shape index (κ1) is 11.4. The molecule has 0 amide bonds. The van der Waals surface area contributed by atoms with Gasteiger partial charge in [0, 0.05) is 0 Å². The summed E-state index contributed by atoms with van der Waals surface area (Å²) in [6.07, 6.45) is 0. The summed E-state index contributed by atoms with van der Waals surface area (Å²) in [5.41, 5.74) is -0.614. The monoisotopic (exact) mass is 214 g/mol. The first-order valence-corrected chi connectivity index (χ1v) is 5.11. The molecule has 0 spiro atoms. The van der Waals surface area contributed by atoms with Crippen LogP contribution in [0.25, 0.3) is 0 Å². The molecule has 2 saturated heterocycles. The second-order valence-corrected chi connectivity index (χ2v) is 5.09. The summed E-state index contributed by atoms with van der Waals surface area (Å²) in [4.78, 5) is 0. The fourth-order valence-electron chi connectivity index (χ4n) is 1.42. The summed E-state index contributed by atoms with van der Waals surface area (Å²) in [5.74, 6) is 0. The average molecular weight is 214 g/mol. The van der Waals surface area contributed by atoms with E-state index in [0.717, 1.165) is 0 Å². The van der Waals surface area contributed by atoms with Crippen LogP contribution in [0.4, 0.5) is 0 Å². The Kier molecular flexibility index (Phi) is 2.85. The lowest BCUT2D eigenvalue weighted by Crippen LogP contribution is -2.35. The molecular formula is C8H16B2O5. The standard InChI is InChI=1S/C8H16B2O5/c1-7(2)5-11-9(13-7)15-10-12-6-8(3,4)14-10/h5-6H2,1-4H3. The highest BCUT2D eigenvalue weighted by atomic mass is 16.8. The Bertz CT molecular complexity index is 221. The lowest BCUT2D eigenvalue weighted by Gasteiger charge is -2.16. The van der Waals surface area contributed by atoms with E-state index in [1.807, 2.05) is 27.7 Å². The van der Waals surface area contributed by atoms with Crippen LogP contribution in [0.1, 0.15) is 27.7 Å². The third-order valence-electron chi connectivity index (χ3n) is 2.19. The predicted molar refractivity (Wildman–Crippen MR) is 54.8 cm³/mol. The van der Waals surface area contributed by atoms with Crippen molar-refractivity contribution in [2.24, 2.45) is 0 Å². The summed E-state index contributed by atoms with van der Waals surface area (Å²) in [5, 5.41) is 0. The van der Waals surface area contributed by atoms with Gasteiger partial charge in [-0.1, -0.05) is 0 Å². The summed E-state index contributed by atoms with van der Waals surface area (Å²) in [6.45, 7) is 8.78. The molecule has 15 heavy (non-hydrogen) atoms. The van der Waals surface area contributed by atoms with Gasteiger partial charge in [-0.2, -0.15) is 0 Å². The first-order chi connectivity index (χ1) is 6.86. The van der Waals surface area contributed by atoms with Crippen LogP contribution in [-0.4, -0.2) is 39.1 Å². The molecule has 2 heterocycles. The SMILES string of the molecule is CC1(C)COB(OB2OCC(C)(C)O2)O1. The lowest BCUT2D eigenvalue weighted by molar-refractivity contribution is 0.105. The number of hydrogen-bond acceptors (Lipinski definition) is 5. The minimum Gasteiger partial charge on any atom is -0.399 e. The second-order valence-electron chi connectivity index (χ2n) is 5.09. The minimum atomic E-state index is -0.695. The highest BCUT2D eigenvalue weighted by Crippen LogP contribution is 2.24. The zero-order chi connectivity index (χ0) is 11.1. The maximum absolute atomic E-state index is 5.47. The lowest BCUT2D eigenvalue weighted by atomic mass is 10.1. The molecule has 0 aromatic heterocycles. The number of hydrogen-bond donors (Lipinski definition) is 0. The van der Waals surface area contributed by atoms with Crippen LogP contribution >= 0.6 is 0 Å². The van der Waals surface area contributed by atoms with Gasteiger partial charge in [0.2, 0.25) is 0 Å². The zero-order valence-corrected chi connectivity index (χ0v) is 9.61. The van der Waals surface area contributed by atoms with E-state index in [0.29, 0.717) is 13.2 Å². The van der Waals surface area contributed by atoms with Gasteiger partial charge in [-0.3, -0.25) is 0 Å². The van der Waals surface area contributed by atoms with Crippen molar-refractivity contribution in [3.8, 4) is 0 Å². The fraction of sp³-hybridized carbons (Fsp3) is 1.00. The second kappa shape index (κ2) is 3.75. The third kappa shape index (κ3) is 2.95. The van der Waals surface area contributed by atoms with Gasteiger partial charge in [0.05, 0.1) is 24.4 Å². The third-order valence-corrected chi connectivity index (χ3v) is 2.19. The van der Waals surface area contributed by atoms with Gasteiger partial charge < -0.3 is 23.2 Å². The largest absolute Gasteiger partial charge is 0.628 e. The van der Waals surface area contributed by atoms with Gasteiger partial charge in [-0.05, 0) is 27.7 Å². The molecule has 7 heteroatoms. The van der Waals surface area contributed by atoms with Crippen molar-refractivity contribution in [3.63, 3.8) is 0 Å². The van der Waals surface area contributed by atoms with Gasteiger partial charge in [-0.25, -0.2) is 0 Å². The Morgan fingerprint density at radius 2 is 1.27 bits per heavy atom. The van der Waals surface area contributed by atoms with E-state index >= 15 is 0 Å². The Balaban J connectivity index is 1.80. The Labute approximate surface area is 90.7 Å². The van der Waals surface area contributed by atoms with Gasteiger partial charge in [0.15, 0.2) is 0 Å². The minimum absolute atomic E-state index is 0.307. The van der Waals surface area contributed by atoms with Gasteiger partial charge in [-0.15, -0.1) is 0 Å². The van der Waals surface area contributed by atoms with Crippen molar-refractivity contribution in [2.75, 3.05) is 13.2 Å². The van der Waals surface area contributed by atoms with Crippen LogP contribution in [0.3, 0.4) is 0 Å². The van der Waals surface area contributed by atoms with Gasteiger partial charge in [0.25, 0.3) is 0 Å². The topological polar surface area (TPSA) is 46.2 Å². The quantitative estimate of drug-likeness (QED) is 0.630. The van der Waals surface area contributed by atoms with E-state index in [4.69, 9.17) is 23.2 Å². The molecule has 0 N–H and O–H groups in total. The van der Waals surface area contributed by atoms with E-state index in [-0.39, 0.29) is 11.2 Å². The van der Waals surface area contributed by atoms with E-state index in [1.165, 1.54) is 0 Å². The zero-order valence-electron chi connectivity index (χ0n) is 9.61. The molecule has 0 aliphatic carbocycles. The van der Waals surface area contributed by atoms with E-state index in [9.17, 15) is 0 Å². The molecule has 0 saturated carbocycles. The molecule has 2 fully saturated rings. The highest BCUT2D eigenvalue weighted by molar-refractivity contribution is 6.52. The molecule has 0 atom stereocenters. The van der Waals surface area contributed by atoms with Crippen LogP contribution in [0, 0.1) is 0 Å². The van der Waals surface area contributed by atoms with Gasteiger partial charge >= 0.3 is 14.6 Å². The highest BCUT2D eigenvalue weighted by Gasteiger charge is 2.47. The summed E-state index contributed by atoms with van der Waals surface area (Å²) in [6, 6.07) is 0. The van der Waals surface area contributed by atoms with Crippen molar-refractivity contribution >= 4 is 14.6 Å². The Hall–Kier alpha value is -0.0701. The van der Waals surface area contributed by atoms with Crippen molar-refractivity contribution in [3.05, 3.63) is 0 Å². The van der Waals surface area contributed by atoms with E-state index in [1.54, 1.807) is 0 Å². The molecule has 2 aliphatic rings. The molecule has 84 valence electrons. The average Bonchev–Trinajstić information content (AvgIpc) is 2.56. The summed E-state index contributed by atoms with van der Waals surface area (Å²) in [7, 11) is -1.39. The molecule has 2 rings (SSSR count). The molecule has 5 nitrogen and oxygen atoms in total. The Morgan fingerprint density at radius 1 is 0.867 bits per heavy atom. The molecule has 0 unspecified atom stereocenters. The maximum atomic E-state index is 5.47. The van der Waals surface area contributed by atoms with Crippen LogP contribution in [0.2, 0.25) is 0 Å². The maximum Gasteiger partial charge on any atom is 0.628 e. The molecule has 0 aromatic rings. The van der Waals surface area contributed by atoms with Crippen LogP contribution in [-0.2, 0) is 23.2 Å². The van der Waals surface area contributed by atoms with Crippen molar-refractivity contribution in [2.45, 2.75) is 38.9 Å². The summed E-state index contributed by atoms with van der Waals surface area (Å²) >= 11 is 0. The summed E-state index contributed by atoms with van der Waals surface area (Å²) < 4.78 is 26.9. The van der Waals surface area contributed by atoms with Crippen molar-refractivity contribution in [1.29, 1.82) is 0 Å². The van der Waals surface area contributed by atoms with E-state index in [2.05, 4.69) is 0 Å². The predicted octanol–water partition coefficient (Wildman–Crippen LogP) is 0.624. The smallest absolute Gasteiger partial charge is 0.399 e. The normalized spacial score (nSPS) is 28.8. The molecule has 2 aliphatic heterocycles. The molecule has 0 aromatic carbocycles. The molecule has 0 bridgehead atoms.